The number of rotatable bonds is 6. The fourth-order valence-electron chi connectivity index (χ4n) is 1.57. The second-order valence-electron chi connectivity index (χ2n) is 4.23. The SMILES string of the molecule is CCS(=O)(=O)N(Cc1ccc(-c2noc(C(F)(F)F)n2)s1)OC. The average molecular weight is 371 g/mol. The summed E-state index contributed by atoms with van der Waals surface area (Å²) in [7, 11) is -2.34. The van der Waals surface area contributed by atoms with Gasteiger partial charge in [-0.2, -0.15) is 18.2 Å². The van der Waals surface area contributed by atoms with Crippen molar-refractivity contribution in [2.24, 2.45) is 0 Å². The van der Waals surface area contributed by atoms with Crippen molar-refractivity contribution in [1.29, 1.82) is 0 Å². The quantitative estimate of drug-likeness (QED) is 0.726. The zero-order chi connectivity index (χ0) is 17.3. The lowest BCUT2D eigenvalue weighted by Crippen LogP contribution is -2.30. The minimum atomic E-state index is -4.71. The lowest BCUT2D eigenvalue weighted by Gasteiger charge is -2.17. The summed E-state index contributed by atoms with van der Waals surface area (Å²) in [5.74, 6) is -1.79. The molecule has 0 amide bonds. The van der Waals surface area contributed by atoms with Crippen LogP contribution in [0.25, 0.3) is 10.7 Å². The molecule has 0 saturated carbocycles. The summed E-state index contributed by atoms with van der Waals surface area (Å²) >= 11 is 1.04. The standard InChI is InChI=1S/C11H12F3N3O4S2/c1-3-23(18,19)17(20-2)6-7-4-5-8(22-7)9-15-10(21-16-9)11(12,13)14/h4-5H,3,6H2,1-2H3. The van der Waals surface area contributed by atoms with Crippen LogP contribution in [0, 0.1) is 0 Å². The van der Waals surface area contributed by atoms with Crippen LogP contribution in [0.3, 0.4) is 0 Å². The second-order valence-corrected chi connectivity index (χ2v) is 7.55. The van der Waals surface area contributed by atoms with Crippen LogP contribution in [0.5, 0.6) is 0 Å². The monoisotopic (exact) mass is 371 g/mol. The van der Waals surface area contributed by atoms with Gasteiger partial charge in [0, 0.05) is 4.88 Å². The van der Waals surface area contributed by atoms with Crippen LogP contribution in [0.15, 0.2) is 16.7 Å². The molecule has 2 heterocycles. The molecule has 2 rings (SSSR count). The zero-order valence-electron chi connectivity index (χ0n) is 12.0. The van der Waals surface area contributed by atoms with Gasteiger partial charge in [0.15, 0.2) is 0 Å². The minimum absolute atomic E-state index is 0.0681. The Labute approximate surface area is 133 Å². The van der Waals surface area contributed by atoms with Crippen molar-refractivity contribution in [3.8, 4) is 10.7 Å². The Balaban J connectivity index is 2.19. The maximum atomic E-state index is 12.4. The van der Waals surface area contributed by atoms with Crippen LogP contribution in [-0.2, 0) is 27.6 Å². The number of alkyl halides is 3. The molecule has 0 aliphatic carbocycles. The number of nitrogens with zero attached hydrogens (tertiary/aromatic N) is 3. The Kier molecular flexibility index (Phi) is 5.08. The van der Waals surface area contributed by atoms with Crippen LogP contribution in [-0.4, -0.2) is 35.9 Å². The molecule has 0 unspecified atom stereocenters. The fourth-order valence-corrected chi connectivity index (χ4v) is 3.41. The van der Waals surface area contributed by atoms with E-state index in [-0.39, 0.29) is 18.1 Å². The Morgan fingerprint density at radius 1 is 1.39 bits per heavy atom. The largest absolute Gasteiger partial charge is 0.471 e. The Bertz CT molecular complexity index is 770. The van der Waals surface area contributed by atoms with E-state index in [1.807, 2.05) is 0 Å². The molecule has 23 heavy (non-hydrogen) atoms. The molecule has 0 N–H and O–H groups in total. The smallest absolute Gasteiger partial charge is 0.329 e. The van der Waals surface area contributed by atoms with Gasteiger partial charge in [0.1, 0.15) is 0 Å². The molecule has 2 aromatic heterocycles. The van der Waals surface area contributed by atoms with Gasteiger partial charge >= 0.3 is 12.1 Å². The third-order valence-electron chi connectivity index (χ3n) is 2.71. The van der Waals surface area contributed by atoms with Crippen molar-refractivity contribution in [1.82, 2.24) is 14.6 Å². The van der Waals surface area contributed by atoms with Gasteiger partial charge in [-0.05, 0) is 19.1 Å². The third-order valence-corrected chi connectivity index (χ3v) is 5.41. The molecule has 7 nitrogen and oxygen atoms in total. The van der Waals surface area contributed by atoms with Gasteiger partial charge in [-0.15, -0.1) is 11.3 Å². The van der Waals surface area contributed by atoms with Crippen molar-refractivity contribution in [2.45, 2.75) is 19.6 Å². The lowest BCUT2D eigenvalue weighted by molar-refractivity contribution is -0.159. The van der Waals surface area contributed by atoms with Gasteiger partial charge in [-0.3, -0.25) is 4.84 Å². The first-order valence-corrected chi connectivity index (χ1v) is 8.64. The van der Waals surface area contributed by atoms with E-state index in [0.717, 1.165) is 15.8 Å². The number of sulfonamides is 1. The summed E-state index contributed by atoms with van der Waals surface area (Å²) < 4.78 is 65.8. The van der Waals surface area contributed by atoms with E-state index < -0.39 is 22.1 Å². The van der Waals surface area contributed by atoms with Gasteiger partial charge in [-0.1, -0.05) is 9.63 Å². The summed E-state index contributed by atoms with van der Waals surface area (Å²) in [5.41, 5.74) is 0. The topological polar surface area (TPSA) is 85.5 Å². The molecule has 0 aliphatic rings. The number of thiophene rings is 1. The molecule has 2 aromatic rings. The summed E-state index contributed by atoms with van der Waals surface area (Å²) in [4.78, 5) is 8.98. The van der Waals surface area contributed by atoms with Gasteiger partial charge in [0.25, 0.3) is 0 Å². The number of hydrogen-bond donors (Lipinski definition) is 0. The summed E-state index contributed by atoms with van der Waals surface area (Å²) in [6, 6.07) is 3.04. The van der Waals surface area contributed by atoms with Gasteiger partial charge < -0.3 is 4.52 Å². The molecule has 0 radical (unpaired) electrons. The van der Waals surface area contributed by atoms with E-state index in [1.54, 1.807) is 6.07 Å². The van der Waals surface area contributed by atoms with Crippen LogP contribution in [0.4, 0.5) is 13.2 Å². The molecule has 128 valence electrons. The van der Waals surface area contributed by atoms with Gasteiger partial charge in [0.05, 0.1) is 24.3 Å². The van der Waals surface area contributed by atoms with E-state index in [1.165, 1.54) is 20.1 Å². The summed E-state index contributed by atoms with van der Waals surface area (Å²) in [5, 5.41) is 3.27. The van der Waals surface area contributed by atoms with Crippen molar-refractivity contribution < 1.29 is 30.9 Å². The highest BCUT2D eigenvalue weighted by Crippen LogP contribution is 2.32. The predicted octanol–water partition coefficient (Wildman–Crippen LogP) is 2.53. The summed E-state index contributed by atoms with van der Waals surface area (Å²) in [6.45, 7) is 1.40. The molecular weight excluding hydrogens is 359 g/mol. The van der Waals surface area contributed by atoms with Crippen molar-refractivity contribution in [3.63, 3.8) is 0 Å². The molecule has 0 atom stereocenters. The van der Waals surface area contributed by atoms with E-state index in [2.05, 4.69) is 14.7 Å². The highest BCUT2D eigenvalue weighted by molar-refractivity contribution is 7.88. The maximum absolute atomic E-state index is 12.4. The second kappa shape index (κ2) is 6.55. The maximum Gasteiger partial charge on any atom is 0.471 e. The predicted molar refractivity (Wildman–Crippen MR) is 74.6 cm³/mol. The molecule has 0 aliphatic heterocycles. The van der Waals surface area contributed by atoms with Crippen LogP contribution in [0.2, 0.25) is 0 Å². The fraction of sp³-hybridized carbons (Fsp3) is 0.455. The number of aromatic nitrogens is 2. The molecule has 0 saturated heterocycles. The molecule has 0 aromatic carbocycles. The van der Waals surface area contributed by atoms with Crippen molar-refractivity contribution in [3.05, 3.63) is 22.9 Å². The first-order valence-electron chi connectivity index (χ1n) is 6.22. The highest BCUT2D eigenvalue weighted by atomic mass is 32.2. The number of hydrogen-bond acceptors (Lipinski definition) is 7. The minimum Gasteiger partial charge on any atom is -0.329 e. The molecular formula is C11H12F3N3O4S2. The molecule has 12 heteroatoms. The van der Waals surface area contributed by atoms with E-state index >= 15 is 0 Å². The van der Waals surface area contributed by atoms with E-state index in [0.29, 0.717) is 9.75 Å². The van der Waals surface area contributed by atoms with Crippen LogP contribution >= 0.6 is 11.3 Å². The van der Waals surface area contributed by atoms with Crippen LogP contribution < -0.4 is 0 Å². The van der Waals surface area contributed by atoms with Gasteiger partial charge in [0.2, 0.25) is 15.8 Å². The highest BCUT2D eigenvalue weighted by Gasteiger charge is 2.38. The number of halogens is 3. The average Bonchev–Trinajstić information content (AvgIpc) is 3.12. The first-order chi connectivity index (χ1) is 10.7. The normalized spacial score (nSPS) is 13.0. The zero-order valence-corrected chi connectivity index (χ0v) is 13.6. The van der Waals surface area contributed by atoms with Gasteiger partial charge in [-0.25, -0.2) is 8.42 Å². The molecule has 0 spiro atoms. The third kappa shape index (κ3) is 4.07. The Morgan fingerprint density at radius 3 is 2.61 bits per heavy atom. The first kappa shape index (κ1) is 17.8. The van der Waals surface area contributed by atoms with E-state index in [9.17, 15) is 21.6 Å². The van der Waals surface area contributed by atoms with Crippen LogP contribution in [0.1, 0.15) is 17.7 Å². The van der Waals surface area contributed by atoms with E-state index in [4.69, 9.17) is 4.84 Å². The molecule has 0 bridgehead atoms. The summed E-state index contributed by atoms with van der Waals surface area (Å²) in [6.07, 6.45) is -4.71. The number of hydroxylamine groups is 1. The Morgan fingerprint density at radius 2 is 2.09 bits per heavy atom. The Hall–Kier alpha value is -1.50. The lowest BCUT2D eigenvalue weighted by atomic mass is 10.4. The van der Waals surface area contributed by atoms with Crippen molar-refractivity contribution >= 4 is 21.4 Å². The van der Waals surface area contributed by atoms with Crippen molar-refractivity contribution in [2.75, 3.05) is 12.9 Å². The molecule has 0 fully saturated rings.